The number of hydrazine groups is 2. The van der Waals surface area contributed by atoms with Crippen molar-refractivity contribution in [3.8, 4) is 0 Å². The van der Waals surface area contributed by atoms with Crippen LogP contribution in [0.3, 0.4) is 0 Å². The summed E-state index contributed by atoms with van der Waals surface area (Å²) in [7, 11) is 1.56. The van der Waals surface area contributed by atoms with Crippen LogP contribution >= 0.6 is 0 Å². The molecular weight excluding hydrogens is 483 g/mol. The molecule has 1 amide bonds. The van der Waals surface area contributed by atoms with Gasteiger partial charge in [-0.25, -0.2) is 14.8 Å². The van der Waals surface area contributed by atoms with Crippen molar-refractivity contribution in [3.05, 3.63) is 0 Å². The van der Waals surface area contributed by atoms with Crippen LogP contribution in [0.4, 0.5) is 4.39 Å². The lowest BCUT2D eigenvalue weighted by Crippen LogP contribution is -2.69. The van der Waals surface area contributed by atoms with Gasteiger partial charge in [0.05, 0.1) is 24.7 Å². The third-order valence-electron chi connectivity index (χ3n) is 9.95. The average molecular weight is 529 g/mol. The highest BCUT2D eigenvalue weighted by Gasteiger charge is 2.52. The van der Waals surface area contributed by atoms with E-state index in [4.69, 9.17) is 4.74 Å². The maximum absolute atomic E-state index is 14.0. The predicted molar refractivity (Wildman–Crippen MR) is 132 cm³/mol. The molecule has 5 fully saturated rings. The number of carbonyl (C=O) groups excluding carboxylic acids is 1. The van der Waals surface area contributed by atoms with Gasteiger partial charge in [0.25, 0.3) is 0 Å². The van der Waals surface area contributed by atoms with Gasteiger partial charge < -0.3 is 30.1 Å². The maximum Gasteiger partial charge on any atom is 0.230 e. The summed E-state index contributed by atoms with van der Waals surface area (Å²) in [5.74, 6) is -0.114. The number of ether oxygens (including phenoxy) is 1. The van der Waals surface area contributed by atoms with Gasteiger partial charge in [-0.1, -0.05) is 25.7 Å². The van der Waals surface area contributed by atoms with E-state index in [1.807, 2.05) is 0 Å². The summed E-state index contributed by atoms with van der Waals surface area (Å²) < 4.78 is 19.9. The van der Waals surface area contributed by atoms with Gasteiger partial charge in [0.1, 0.15) is 24.5 Å². The zero-order valence-electron chi connectivity index (χ0n) is 21.8. The van der Waals surface area contributed by atoms with E-state index in [1.165, 1.54) is 11.3 Å². The lowest BCUT2D eigenvalue weighted by Gasteiger charge is -2.49. The number of aliphatic hydroxyl groups is 4. The first-order valence-corrected chi connectivity index (χ1v) is 14.3. The lowest BCUT2D eigenvalue weighted by molar-refractivity contribution is -0.252. The Kier molecular flexibility index (Phi) is 8.72. The number of halogens is 1. The highest BCUT2D eigenvalue weighted by molar-refractivity contribution is 5.79. The molecule has 2 heterocycles. The summed E-state index contributed by atoms with van der Waals surface area (Å²) in [5, 5.41) is 45.1. The Labute approximate surface area is 218 Å². The molecule has 0 spiro atoms. The normalized spacial score (nSPS) is 47.4. The van der Waals surface area contributed by atoms with Crippen molar-refractivity contribution in [3.63, 3.8) is 0 Å². The number of rotatable bonds is 5. The zero-order valence-corrected chi connectivity index (χ0v) is 21.8. The minimum absolute atomic E-state index is 0.0491. The fourth-order valence-corrected chi connectivity index (χ4v) is 7.80. The molecule has 5 rings (SSSR count). The molecule has 212 valence electrons. The number of hydrogen-bond donors (Lipinski definition) is 6. The number of amides is 1. The predicted octanol–water partition coefficient (Wildman–Crippen LogP) is 0.0514. The van der Waals surface area contributed by atoms with Gasteiger partial charge in [0.15, 0.2) is 6.23 Å². The van der Waals surface area contributed by atoms with E-state index in [-0.39, 0.29) is 23.8 Å². The summed E-state index contributed by atoms with van der Waals surface area (Å²) in [6.07, 6.45) is 2.50. The van der Waals surface area contributed by atoms with Crippen LogP contribution in [0.2, 0.25) is 0 Å². The number of alkyl halides is 1. The molecule has 37 heavy (non-hydrogen) atoms. The molecule has 7 unspecified atom stereocenters. The van der Waals surface area contributed by atoms with E-state index in [0.717, 1.165) is 38.5 Å². The van der Waals surface area contributed by atoms with E-state index in [0.29, 0.717) is 31.7 Å². The largest absolute Gasteiger partial charge is 0.394 e. The van der Waals surface area contributed by atoms with Crippen molar-refractivity contribution in [2.75, 3.05) is 20.2 Å². The van der Waals surface area contributed by atoms with Crippen molar-refractivity contribution in [2.24, 2.45) is 23.7 Å². The third kappa shape index (κ3) is 5.43. The van der Waals surface area contributed by atoms with E-state index in [1.54, 1.807) is 12.1 Å². The van der Waals surface area contributed by atoms with Crippen molar-refractivity contribution in [2.45, 2.75) is 113 Å². The number of nitrogens with one attached hydrogen (secondary N) is 2. The maximum atomic E-state index is 14.0. The molecule has 5 aliphatic rings. The van der Waals surface area contributed by atoms with Crippen LogP contribution in [0.15, 0.2) is 0 Å². The molecular formula is C26H45FN4O6. The van der Waals surface area contributed by atoms with Gasteiger partial charge in [-0.3, -0.25) is 4.79 Å². The molecule has 0 bridgehead atoms. The Balaban J connectivity index is 1.28. The Morgan fingerprint density at radius 2 is 1.76 bits per heavy atom. The first-order chi connectivity index (χ1) is 17.8. The molecule has 3 saturated carbocycles. The van der Waals surface area contributed by atoms with Gasteiger partial charge in [-0.15, -0.1) is 0 Å². The average Bonchev–Trinajstić information content (AvgIpc) is 3.38. The first-order valence-electron chi connectivity index (χ1n) is 14.3. The van der Waals surface area contributed by atoms with Gasteiger partial charge >= 0.3 is 0 Å². The van der Waals surface area contributed by atoms with E-state index in [2.05, 4.69) is 11.0 Å². The molecule has 6 N–H and O–H groups in total. The Bertz CT molecular complexity index is 796. The molecule has 0 aromatic rings. The fraction of sp³-hybridized carbons (Fsp3) is 0.962. The molecule has 0 aromatic heterocycles. The van der Waals surface area contributed by atoms with Crippen molar-refractivity contribution < 1.29 is 34.3 Å². The number of likely N-dealkylation sites (N-methyl/N-ethyl adjacent to an activating group) is 1. The highest BCUT2D eigenvalue weighted by Crippen LogP contribution is 2.43. The second-order valence-electron chi connectivity index (χ2n) is 12.1. The molecule has 0 radical (unpaired) electrons. The topological polar surface area (TPSA) is 138 Å². The molecule has 2 aliphatic heterocycles. The smallest absolute Gasteiger partial charge is 0.230 e. The monoisotopic (exact) mass is 528 g/mol. The number of aliphatic hydroxyl groups excluding tert-OH is 4. The highest BCUT2D eigenvalue weighted by atomic mass is 19.1. The molecule has 3 aliphatic carbocycles. The number of fused-ring (bicyclic) bond motifs is 1. The van der Waals surface area contributed by atoms with Gasteiger partial charge in [0, 0.05) is 19.6 Å². The SMILES string of the molecule is CN(C(=O)C1CCC2CCCCC2C1O)[C@@H]1O[C@H](CO)[C@H](O)[C@H](N2CC(C3CCCC(F)C3)NN2)[C@H]1O. The third-order valence-corrected chi connectivity index (χ3v) is 9.95. The fourth-order valence-electron chi connectivity index (χ4n) is 7.80. The molecule has 10 nitrogen and oxygen atoms in total. The first kappa shape index (κ1) is 27.6. The van der Waals surface area contributed by atoms with Crippen LogP contribution in [-0.4, -0.2) is 105 Å². The molecule has 12 atom stereocenters. The lowest BCUT2D eigenvalue weighted by atomic mass is 9.65. The Morgan fingerprint density at radius 1 is 1.00 bits per heavy atom. The number of nitrogens with zero attached hydrogens (tertiary/aromatic N) is 2. The minimum Gasteiger partial charge on any atom is -0.394 e. The van der Waals surface area contributed by atoms with Crippen LogP contribution in [0.5, 0.6) is 0 Å². The summed E-state index contributed by atoms with van der Waals surface area (Å²) in [5.41, 5.74) is 6.23. The Hall–Kier alpha value is -0.920. The number of carbonyl (C=O) groups is 1. The summed E-state index contributed by atoms with van der Waals surface area (Å²) in [4.78, 5) is 14.9. The zero-order chi connectivity index (χ0) is 26.3. The van der Waals surface area contributed by atoms with Crippen LogP contribution in [0.1, 0.15) is 64.2 Å². The quantitative estimate of drug-likeness (QED) is 0.292. The summed E-state index contributed by atoms with van der Waals surface area (Å²) >= 11 is 0. The van der Waals surface area contributed by atoms with E-state index < -0.39 is 55.4 Å². The minimum atomic E-state index is -1.27. The number of hydrogen-bond acceptors (Lipinski definition) is 9. The van der Waals surface area contributed by atoms with Crippen molar-refractivity contribution >= 4 is 5.91 Å². The van der Waals surface area contributed by atoms with Crippen molar-refractivity contribution in [1.82, 2.24) is 20.9 Å². The molecule has 0 aromatic carbocycles. The van der Waals surface area contributed by atoms with Crippen LogP contribution in [0, 0.1) is 23.7 Å². The second kappa shape index (κ2) is 11.7. The van der Waals surface area contributed by atoms with E-state index in [9.17, 15) is 29.6 Å². The van der Waals surface area contributed by atoms with E-state index >= 15 is 0 Å². The summed E-state index contributed by atoms with van der Waals surface area (Å²) in [6.45, 7) is -0.0430. The van der Waals surface area contributed by atoms with Crippen LogP contribution in [-0.2, 0) is 9.53 Å². The summed E-state index contributed by atoms with van der Waals surface area (Å²) in [6, 6.07) is -0.917. The van der Waals surface area contributed by atoms with Crippen LogP contribution < -0.4 is 11.0 Å². The van der Waals surface area contributed by atoms with Crippen molar-refractivity contribution in [1.29, 1.82) is 0 Å². The molecule has 11 heteroatoms. The second-order valence-corrected chi connectivity index (χ2v) is 12.1. The van der Waals surface area contributed by atoms with Gasteiger partial charge in [-0.2, -0.15) is 5.53 Å². The van der Waals surface area contributed by atoms with Crippen LogP contribution in [0.25, 0.3) is 0 Å². The Morgan fingerprint density at radius 3 is 2.51 bits per heavy atom. The van der Waals surface area contributed by atoms with Gasteiger partial charge in [-0.05, 0) is 56.3 Å². The molecule has 2 saturated heterocycles. The van der Waals surface area contributed by atoms with Gasteiger partial charge in [0.2, 0.25) is 5.91 Å². The standard InChI is InChI=1S/C26H45FN4O6/c1-30(25(36)18-10-9-14-5-2-3-8-17(14)22(18)33)26-24(35)21(23(34)20(13-32)37-26)31-12-19(28-29-31)15-6-4-7-16(27)11-15/h14-24,26,28-29,32-35H,2-13H2,1H3/t14?,15?,16?,17?,18?,19?,20-,21+,22?,23+,24-,26-/m1/s1.